The van der Waals surface area contributed by atoms with Crippen molar-refractivity contribution >= 4 is 17.2 Å². The summed E-state index contributed by atoms with van der Waals surface area (Å²) in [5.41, 5.74) is 8.44. The molecule has 1 heterocycles. The molecule has 5 heteroatoms. The van der Waals surface area contributed by atoms with E-state index in [1.807, 2.05) is 25.1 Å². The number of nitrogens with two attached hydrogens (primary N) is 1. The zero-order valence-electron chi connectivity index (χ0n) is 8.21. The lowest BCUT2D eigenvalue weighted by Crippen LogP contribution is -2.14. The molecule has 0 saturated carbocycles. The van der Waals surface area contributed by atoms with Crippen molar-refractivity contribution in [3.8, 4) is 5.69 Å². The van der Waals surface area contributed by atoms with Crippen molar-refractivity contribution in [1.29, 1.82) is 0 Å². The molecule has 76 valence electrons. The molecular formula is C10H10N4S. The maximum Gasteiger partial charge on any atom is 0.138 e. The van der Waals surface area contributed by atoms with Crippen LogP contribution in [-0.4, -0.2) is 19.8 Å². The molecule has 2 aromatic rings. The number of hydrogen-bond acceptors (Lipinski definition) is 3. The highest BCUT2D eigenvalue weighted by Crippen LogP contribution is 2.15. The van der Waals surface area contributed by atoms with Crippen LogP contribution in [0.1, 0.15) is 11.1 Å². The monoisotopic (exact) mass is 218 g/mol. The van der Waals surface area contributed by atoms with Gasteiger partial charge in [0.1, 0.15) is 17.6 Å². The standard InChI is InChI=1S/C10H10N4S/c1-7-2-3-9(8(4-7)10(11)15)14-6-12-5-13-14/h2-6H,1H3,(H2,11,15). The highest BCUT2D eigenvalue weighted by Gasteiger charge is 2.07. The van der Waals surface area contributed by atoms with E-state index in [1.165, 1.54) is 6.33 Å². The Kier molecular flexibility index (Phi) is 2.47. The second-order valence-corrected chi connectivity index (χ2v) is 3.66. The summed E-state index contributed by atoms with van der Waals surface area (Å²) in [6.45, 7) is 1.99. The number of hydrogen-bond donors (Lipinski definition) is 1. The molecule has 0 aliphatic rings. The number of aryl methyl sites for hydroxylation is 1. The van der Waals surface area contributed by atoms with Crippen LogP contribution in [0.2, 0.25) is 0 Å². The summed E-state index contributed by atoms with van der Waals surface area (Å²) in [6, 6.07) is 5.86. The Morgan fingerprint density at radius 2 is 2.27 bits per heavy atom. The molecule has 0 spiro atoms. The first-order chi connectivity index (χ1) is 7.18. The summed E-state index contributed by atoms with van der Waals surface area (Å²) in [5, 5.41) is 4.05. The fraction of sp³-hybridized carbons (Fsp3) is 0.100. The Morgan fingerprint density at radius 1 is 1.47 bits per heavy atom. The smallest absolute Gasteiger partial charge is 0.138 e. The number of benzene rings is 1. The molecule has 0 aliphatic heterocycles. The first kappa shape index (κ1) is 9.79. The van der Waals surface area contributed by atoms with E-state index < -0.39 is 0 Å². The topological polar surface area (TPSA) is 56.7 Å². The zero-order chi connectivity index (χ0) is 10.8. The Morgan fingerprint density at radius 3 is 2.87 bits per heavy atom. The van der Waals surface area contributed by atoms with Crippen LogP contribution in [0.5, 0.6) is 0 Å². The fourth-order valence-electron chi connectivity index (χ4n) is 1.38. The third-order valence-corrected chi connectivity index (χ3v) is 2.30. The van der Waals surface area contributed by atoms with Crippen LogP contribution in [0.4, 0.5) is 0 Å². The first-order valence-corrected chi connectivity index (χ1v) is 4.85. The van der Waals surface area contributed by atoms with Gasteiger partial charge in [0.25, 0.3) is 0 Å². The lowest BCUT2D eigenvalue weighted by atomic mass is 10.1. The minimum Gasteiger partial charge on any atom is -0.389 e. The molecule has 0 amide bonds. The highest BCUT2D eigenvalue weighted by atomic mass is 32.1. The molecule has 4 nitrogen and oxygen atoms in total. The van der Waals surface area contributed by atoms with Gasteiger partial charge >= 0.3 is 0 Å². The molecule has 1 aromatic carbocycles. The fourth-order valence-corrected chi connectivity index (χ4v) is 1.54. The molecule has 0 saturated heterocycles. The van der Waals surface area contributed by atoms with E-state index in [9.17, 15) is 0 Å². The molecule has 0 fully saturated rings. The number of rotatable bonds is 2. The van der Waals surface area contributed by atoms with Crippen molar-refractivity contribution in [3.63, 3.8) is 0 Å². The molecular weight excluding hydrogens is 208 g/mol. The van der Waals surface area contributed by atoms with E-state index in [0.29, 0.717) is 4.99 Å². The summed E-state index contributed by atoms with van der Waals surface area (Å²) in [6.07, 6.45) is 3.09. The van der Waals surface area contributed by atoms with Gasteiger partial charge in [0.2, 0.25) is 0 Å². The van der Waals surface area contributed by atoms with Crippen molar-refractivity contribution in [2.24, 2.45) is 5.73 Å². The van der Waals surface area contributed by atoms with Gasteiger partial charge in [0.15, 0.2) is 0 Å². The molecule has 15 heavy (non-hydrogen) atoms. The second-order valence-electron chi connectivity index (χ2n) is 3.22. The third-order valence-electron chi connectivity index (χ3n) is 2.08. The molecule has 2 rings (SSSR count). The van der Waals surface area contributed by atoms with Crippen LogP contribution in [0.25, 0.3) is 5.69 Å². The van der Waals surface area contributed by atoms with E-state index in [4.69, 9.17) is 18.0 Å². The number of aromatic nitrogens is 3. The van der Waals surface area contributed by atoms with Crippen molar-refractivity contribution in [2.75, 3.05) is 0 Å². The number of thiocarbonyl (C=S) groups is 1. The van der Waals surface area contributed by atoms with Crippen LogP contribution >= 0.6 is 12.2 Å². The quantitative estimate of drug-likeness (QED) is 0.770. The van der Waals surface area contributed by atoms with Gasteiger partial charge in [-0.15, -0.1) is 0 Å². The van der Waals surface area contributed by atoms with Gasteiger partial charge in [-0.25, -0.2) is 9.67 Å². The maximum absolute atomic E-state index is 5.66. The van der Waals surface area contributed by atoms with E-state index >= 15 is 0 Å². The van der Waals surface area contributed by atoms with Crippen molar-refractivity contribution in [2.45, 2.75) is 6.92 Å². The SMILES string of the molecule is Cc1ccc(-n2cncn2)c(C(N)=S)c1. The molecule has 1 aromatic heterocycles. The maximum atomic E-state index is 5.66. The second kappa shape index (κ2) is 3.78. The van der Waals surface area contributed by atoms with Crippen molar-refractivity contribution in [1.82, 2.24) is 14.8 Å². The Labute approximate surface area is 92.7 Å². The van der Waals surface area contributed by atoms with Crippen LogP contribution in [0, 0.1) is 6.92 Å². The van der Waals surface area contributed by atoms with E-state index in [2.05, 4.69) is 10.1 Å². The highest BCUT2D eigenvalue weighted by molar-refractivity contribution is 7.80. The first-order valence-electron chi connectivity index (χ1n) is 4.44. The lowest BCUT2D eigenvalue weighted by Gasteiger charge is -2.08. The average Bonchev–Trinajstić information content (AvgIpc) is 2.70. The van der Waals surface area contributed by atoms with Gasteiger partial charge in [0.05, 0.1) is 5.69 Å². The van der Waals surface area contributed by atoms with Crippen LogP contribution in [0.15, 0.2) is 30.9 Å². The predicted octanol–water partition coefficient (Wildman–Crippen LogP) is 1.21. The summed E-state index contributed by atoms with van der Waals surface area (Å²) in [5.74, 6) is 0. The number of nitrogens with zero attached hydrogens (tertiary/aromatic N) is 3. The Balaban J connectivity index is 2.61. The molecule has 2 N–H and O–H groups in total. The van der Waals surface area contributed by atoms with Crippen molar-refractivity contribution < 1.29 is 0 Å². The zero-order valence-corrected chi connectivity index (χ0v) is 9.03. The van der Waals surface area contributed by atoms with Gasteiger partial charge in [-0.1, -0.05) is 23.8 Å². The van der Waals surface area contributed by atoms with Crippen LogP contribution in [-0.2, 0) is 0 Å². The summed E-state index contributed by atoms with van der Waals surface area (Å²) in [7, 11) is 0. The molecule has 0 aliphatic carbocycles. The van der Waals surface area contributed by atoms with Gasteiger partial charge < -0.3 is 5.73 Å². The van der Waals surface area contributed by atoms with Gasteiger partial charge in [-0.05, 0) is 19.1 Å². The summed E-state index contributed by atoms with van der Waals surface area (Å²) in [4.78, 5) is 4.25. The van der Waals surface area contributed by atoms with Crippen molar-refractivity contribution in [3.05, 3.63) is 42.0 Å². The average molecular weight is 218 g/mol. The summed E-state index contributed by atoms with van der Waals surface area (Å²) >= 11 is 5.00. The lowest BCUT2D eigenvalue weighted by molar-refractivity contribution is 0.876. The normalized spacial score (nSPS) is 10.2. The van der Waals surface area contributed by atoms with Gasteiger partial charge in [-0.3, -0.25) is 0 Å². The van der Waals surface area contributed by atoms with E-state index in [0.717, 1.165) is 16.8 Å². The predicted molar refractivity (Wildman–Crippen MR) is 62.0 cm³/mol. The van der Waals surface area contributed by atoms with Gasteiger partial charge in [-0.2, -0.15) is 5.10 Å². The van der Waals surface area contributed by atoms with Crippen LogP contribution < -0.4 is 5.73 Å². The van der Waals surface area contributed by atoms with Gasteiger partial charge in [0, 0.05) is 5.56 Å². The molecule has 0 radical (unpaired) electrons. The molecule has 0 unspecified atom stereocenters. The van der Waals surface area contributed by atoms with E-state index in [1.54, 1.807) is 11.0 Å². The third kappa shape index (κ3) is 1.87. The van der Waals surface area contributed by atoms with Crippen LogP contribution in [0.3, 0.4) is 0 Å². The Hall–Kier alpha value is -1.75. The Bertz CT molecular complexity index is 490. The minimum absolute atomic E-state index is 0.365. The summed E-state index contributed by atoms with van der Waals surface area (Å²) < 4.78 is 1.65. The molecule has 0 bridgehead atoms. The molecule has 0 atom stereocenters. The minimum atomic E-state index is 0.365. The largest absolute Gasteiger partial charge is 0.389 e. The van der Waals surface area contributed by atoms with E-state index in [-0.39, 0.29) is 0 Å².